The Morgan fingerprint density at radius 1 is 0.714 bits per heavy atom. The summed E-state index contributed by atoms with van der Waals surface area (Å²) >= 11 is 3.18. The molecule has 0 bridgehead atoms. The van der Waals surface area contributed by atoms with Gasteiger partial charge in [0.1, 0.15) is 0 Å². The summed E-state index contributed by atoms with van der Waals surface area (Å²) < 4.78 is 0. The molecule has 0 atom stereocenters. The minimum Gasteiger partial charge on any atom is -0.321 e. The summed E-state index contributed by atoms with van der Waals surface area (Å²) in [6, 6.07) is 11.4. The third-order valence-corrected chi connectivity index (χ3v) is 7.79. The standard InChI is InChI=1S/C22H20N2O2S2/c25-21(19-10-13-4-1-8-17(13)27-19)23-15-6-3-7-16(12-15)24-22(26)20-11-14-5-2-9-18(14)28-20/h3,6-7,10-12H,1-2,4-5,8-9H2,(H,23,25)(H,24,26). The molecule has 28 heavy (non-hydrogen) atoms. The Bertz CT molecular complexity index is 956. The molecule has 2 amide bonds. The van der Waals surface area contributed by atoms with E-state index in [0.717, 1.165) is 35.4 Å². The maximum atomic E-state index is 12.6. The van der Waals surface area contributed by atoms with Crippen LogP contribution in [0.15, 0.2) is 36.4 Å². The lowest BCUT2D eigenvalue weighted by Gasteiger charge is -2.08. The normalized spacial score (nSPS) is 14.6. The van der Waals surface area contributed by atoms with Crippen LogP contribution in [0.25, 0.3) is 0 Å². The van der Waals surface area contributed by atoms with Gasteiger partial charge in [-0.25, -0.2) is 0 Å². The zero-order valence-electron chi connectivity index (χ0n) is 15.3. The Hall–Kier alpha value is -2.44. The van der Waals surface area contributed by atoms with Crippen molar-refractivity contribution in [2.75, 3.05) is 10.6 Å². The van der Waals surface area contributed by atoms with Gasteiger partial charge in [0, 0.05) is 21.1 Å². The highest BCUT2D eigenvalue weighted by atomic mass is 32.1. The Labute approximate surface area is 171 Å². The monoisotopic (exact) mass is 408 g/mol. The van der Waals surface area contributed by atoms with Crippen molar-refractivity contribution in [1.29, 1.82) is 0 Å². The highest BCUT2D eigenvalue weighted by Crippen LogP contribution is 2.32. The first-order valence-corrected chi connectivity index (χ1v) is 11.2. The molecule has 0 fully saturated rings. The van der Waals surface area contributed by atoms with Gasteiger partial charge in [-0.15, -0.1) is 22.7 Å². The molecule has 3 aromatic rings. The third-order valence-electron chi connectivity index (χ3n) is 5.32. The summed E-state index contributed by atoms with van der Waals surface area (Å²) in [6.45, 7) is 0. The molecule has 2 aliphatic rings. The Kier molecular flexibility index (Phi) is 4.53. The van der Waals surface area contributed by atoms with Crippen molar-refractivity contribution in [3.8, 4) is 0 Å². The molecule has 2 aromatic heterocycles. The van der Waals surface area contributed by atoms with E-state index >= 15 is 0 Å². The van der Waals surface area contributed by atoms with Crippen LogP contribution in [-0.2, 0) is 25.7 Å². The van der Waals surface area contributed by atoms with Gasteiger partial charge in [0.25, 0.3) is 11.8 Å². The summed E-state index contributed by atoms with van der Waals surface area (Å²) in [6.07, 6.45) is 6.71. The number of carbonyl (C=O) groups is 2. The van der Waals surface area contributed by atoms with E-state index in [1.165, 1.54) is 33.7 Å². The molecule has 6 heteroatoms. The molecule has 2 N–H and O–H groups in total. The maximum absolute atomic E-state index is 12.6. The predicted molar refractivity (Wildman–Crippen MR) is 115 cm³/mol. The average molecular weight is 409 g/mol. The van der Waals surface area contributed by atoms with E-state index in [2.05, 4.69) is 10.6 Å². The van der Waals surface area contributed by atoms with Gasteiger partial charge in [-0.05, 0) is 80.0 Å². The Morgan fingerprint density at radius 2 is 1.21 bits per heavy atom. The number of fused-ring (bicyclic) bond motifs is 2. The summed E-state index contributed by atoms with van der Waals surface area (Å²) in [5, 5.41) is 5.91. The number of anilines is 2. The van der Waals surface area contributed by atoms with Crippen molar-refractivity contribution in [1.82, 2.24) is 0 Å². The topological polar surface area (TPSA) is 58.2 Å². The van der Waals surface area contributed by atoms with Crippen molar-refractivity contribution >= 4 is 45.9 Å². The van der Waals surface area contributed by atoms with E-state index in [4.69, 9.17) is 0 Å². The van der Waals surface area contributed by atoms with E-state index in [0.29, 0.717) is 11.4 Å². The summed E-state index contributed by atoms with van der Waals surface area (Å²) in [5.41, 5.74) is 4.01. The van der Waals surface area contributed by atoms with Crippen LogP contribution in [0, 0.1) is 0 Å². The molecular weight excluding hydrogens is 388 g/mol. The number of nitrogens with one attached hydrogen (secondary N) is 2. The summed E-state index contributed by atoms with van der Waals surface area (Å²) in [7, 11) is 0. The molecule has 0 aliphatic heterocycles. The fourth-order valence-electron chi connectivity index (χ4n) is 3.94. The second-order valence-corrected chi connectivity index (χ2v) is 9.59. The van der Waals surface area contributed by atoms with Crippen LogP contribution in [0.5, 0.6) is 0 Å². The summed E-state index contributed by atoms with van der Waals surface area (Å²) in [4.78, 5) is 29.3. The van der Waals surface area contributed by atoms with Gasteiger partial charge in [-0.1, -0.05) is 6.07 Å². The van der Waals surface area contributed by atoms with Gasteiger partial charge in [-0.3, -0.25) is 9.59 Å². The zero-order chi connectivity index (χ0) is 19.1. The fraction of sp³-hybridized carbons (Fsp3) is 0.273. The molecule has 4 nitrogen and oxygen atoms in total. The highest BCUT2D eigenvalue weighted by molar-refractivity contribution is 7.14. The van der Waals surface area contributed by atoms with Crippen molar-refractivity contribution < 1.29 is 9.59 Å². The van der Waals surface area contributed by atoms with E-state index in [1.807, 2.05) is 30.3 Å². The van der Waals surface area contributed by atoms with E-state index in [-0.39, 0.29) is 11.8 Å². The van der Waals surface area contributed by atoms with Gasteiger partial charge in [0.2, 0.25) is 0 Å². The molecule has 2 aliphatic carbocycles. The SMILES string of the molecule is O=C(Nc1cccc(NC(=O)c2cc3c(s2)CCC3)c1)c1cc2c(s1)CCC2. The number of thiophene rings is 2. The Balaban J connectivity index is 1.27. The maximum Gasteiger partial charge on any atom is 0.265 e. The molecule has 1 aromatic carbocycles. The van der Waals surface area contributed by atoms with Gasteiger partial charge in [-0.2, -0.15) is 0 Å². The molecular formula is C22H20N2O2S2. The predicted octanol–water partition coefficient (Wildman–Crippen LogP) is 5.29. The van der Waals surface area contributed by atoms with Crippen LogP contribution >= 0.6 is 22.7 Å². The van der Waals surface area contributed by atoms with Crippen LogP contribution in [0.4, 0.5) is 11.4 Å². The lowest BCUT2D eigenvalue weighted by molar-refractivity contribution is 0.102. The van der Waals surface area contributed by atoms with E-state index < -0.39 is 0 Å². The average Bonchev–Trinajstić information content (AvgIpc) is 3.41. The fourth-order valence-corrected chi connectivity index (χ4v) is 6.24. The Morgan fingerprint density at radius 3 is 1.68 bits per heavy atom. The second-order valence-electron chi connectivity index (χ2n) is 7.31. The molecule has 2 heterocycles. The van der Waals surface area contributed by atoms with Crippen molar-refractivity contribution in [3.05, 3.63) is 67.0 Å². The number of hydrogen-bond acceptors (Lipinski definition) is 4. The van der Waals surface area contributed by atoms with E-state index in [1.54, 1.807) is 28.7 Å². The second kappa shape index (κ2) is 7.18. The van der Waals surface area contributed by atoms with Crippen molar-refractivity contribution in [2.45, 2.75) is 38.5 Å². The first kappa shape index (κ1) is 17.6. The molecule has 0 spiro atoms. The smallest absolute Gasteiger partial charge is 0.265 e. The van der Waals surface area contributed by atoms with Gasteiger partial charge in [0.05, 0.1) is 9.75 Å². The summed E-state index contributed by atoms with van der Waals surface area (Å²) in [5.74, 6) is -0.171. The van der Waals surface area contributed by atoms with Crippen LogP contribution in [0.2, 0.25) is 0 Å². The quantitative estimate of drug-likeness (QED) is 0.616. The third kappa shape index (κ3) is 3.38. The molecule has 0 radical (unpaired) electrons. The number of amides is 2. The van der Waals surface area contributed by atoms with Crippen LogP contribution in [-0.4, -0.2) is 11.8 Å². The molecule has 0 unspecified atom stereocenters. The van der Waals surface area contributed by atoms with Gasteiger partial charge in [0.15, 0.2) is 0 Å². The number of benzene rings is 1. The molecule has 142 valence electrons. The first-order chi connectivity index (χ1) is 13.7. The van der Waals surface area contributed by atoms with Crippen LogP contribution in [0.1, 0.15) is 53.1 Å². The minimum atomic E-state index is -0.0856. The molecule has 0 saturated carbocycles. The number of aryl methyl sites for hydroxylation is 4. The van der Waals surface area contributed by atoms with Gasteiger partial charge < -0.3 is 10.6 Å². The zero-order valence-corrected chi connectivity index (χ0v) is 17.0. The largest absolute Gasteiger partial charge is 0.321 e. The number of carbonyl (C=O) groups excluding carboxylic acids is 2. The number of hydrogen-bond donors (Lipinski definition) is 2. The van der Waals surface area contributed by atoms with Crippen molar-refractivity contribution in [2.24, 2.45) is 0 Å². The number of rotatable bonds is 4. The van der Waals surface area contributed by atoms with Crippen LogP contribution in [0.3, 0.4) is 0 Å². The van der Waals surface area contributed by atoms with Gasteiger partial charge >= 0.3 is 0 Å². The van der Waals surface area contributed by atoms with E-state index in [9.17, 15) is 9.59 Å². The minimum absolute atomic E-state index is 0.0856. The van der Waals surface area contributed by atoms with Crippen LogP contribution < -0.4 is 10.6 Å². The molecule has 0 saturated heterocycles. The first-order valence-electron chi connectivity index (χ1n) is 9.62. The molecule has 5 rings (SSSR count). The van der Waals surface area contributed by atoms with Crippen molar-refractivity contribution in [3.63, 3.8) is 0 Å². The lowest BCUT2D eigenvalue weighted by atomic mass is 10.2. The highest BCUT2D eigenvalue weighted by Gasteiger charge is 2.20. The lowest BCUT2D eigenvalue weighted by Crippen LogP contribution is -2.12.